The fraction of sp³-hybridized carbons (Fsp3) is 0.440. The SMILES string of the molecule is COC(=O)c1ccccc1O[C@@H]1C[C@@H]2CN(CCc3ccc(F)cc3)C[C@@H]2C[C@H]1O.O=CO. The molecule has 0 bridgehead atoms. The molecule has 0 unspecified atom stereocenters. The molecule has 0 spiro atoms. The summed E-state index contributed by atoms with van der Waals surface area (Å²) in [7, 11) is 1.35. The lowest BCUT2D eigenvalue weighted by Gasteiger charge is -2.35. The number of hydrogen-bond donors (Lipinski definition) is 2. The zero-order valence-electron chi connectivity index (χ0n) is 18.6. The molecule has 33 heavy (non-hydrogen) atoms. The minimum Gasteiger partial charge on any atom is -0.487 e. The van der Waals surface area contributed by atoms with Gasteiger partial charge in [-0.05, 0) is 60.9 Å². The van der Waals surface area contributed by atoms with Crippen LogP contribution in [0.2, 0.25) is 0 Å². The molecule has 0 radical (unpaired) electrons. The van der Waals surface area contributed by atoms with Crippen molar-refractivity contribution in [3.8, 4) is 5.75 Å². The lowest BCUT2D eigenvalue weighted by atomic mass is 9.78. The second kappa shape index (κ2) is 11.8. The van der Waals surface area contributed by atoms with Crippen LogP contribution in [-0.2, 0) is 16.0 Å². The van der Waals surface area contributed by atoms with Crippen LogP contribution < -0.4 is 4.74 Å². The highest BCUT2D eigenvalue weighted by atomic mass is 19.1. The molecule has 1 aliphatic carbocycles. The van der Waals surface area contributed by atoms with Crippen molar-refractivity contribution in [1.82, 2.24) is 4.90 Å². The van der Waals surface area contributed by atoms with Gasteiger partial charge < -0.3 is 24.6 Å². The summed E-state index contributed by atoms with van der Waals surface area (Å²) in [6.07, 6.45) is 1.44. The van der Waals surface area contributed by atoms with Gasteiger partial charge in [0.1, 0.15) is 23.2 Å². The van der Waals surface area contributed by atoms with E-state index in [1.54, 1.807) is 18.2 Å². The zero-order chi connectivity index (χ0) is 23.8. The molecule has 4 rings (SSSR count). The number of nitrogens with zero attached hydrogens (tertiary/aromatic N) is 1. The molecule has 2 N–H and O–H groups in total. The quantitative estimate of drug-likeness (QED) is 0.506. The van der Waals surface area contributed by atoms with Crippen LogP contribution in [0.25, 0.3) is 0 Å². The molecule has 0 amide bonds. The van der Waals surface area contributed by atoms with Crippen LogP contribution in [0.1, 0.15) is 28.8 Å². The number of esters is 1. The third-order valence-electron chi connectivity index (χ3n) is 6.36. The van der Waals surface area contributed by atoms with Gasteiger partial charge in [-0.2, -0.15) is 0 Å². The van der Waals surface area contributed by atoms with Crippen LogP contribution in [0.5, 0.6) is 5.75 Å². The van der Waals surface area contributed by atoms with Gasteiger partial charge in [-0.25, -0.2) is 9.18 Å². The Morgan fingerprint density at radius 1 is 1.12 bits per heavy atom. The van der Waals surface area contributed by atoms with Gasteiger partial charge in [-0.3, -0.25) is 4.79 Å². The van der Waals surface area contributed by atoms with Gasteiger partial charge in [0.25, 0.3) is 6.47 Å². The fourth-order valence-corrected chi connectivity index (χ4v) is 4.75. The summed E-state index contributed by atoms with van der Waals surface area (Å²) in [5.74, 6) is 0.709. The van der Waals surface area contributed by atoms with E-state index in [1.807, 2.05) is 18.2 Å². The Hall–Kier alpha value is -2.97. The Balaban J connectivity index is 0.000000968. The van der Waals surface area contributed by atoms with Gasteiger partial charge in [0.2, 0.25) is 0 Å². The Bertz CT molecular complexity index is 921. The molecule has 1 heterocycles. The average molecular weight is 460 g/mol. The van der Waals surface area contributed by atoms with Crippen LogP contribution in [0.4, 0.5) is 4.39 Å². The van der Waals surface area contributed by atoms with E-state index in [2.05, 4.69) is 4.90 Å². The fourth-order valence-electron chi connectivity index (χ4n) is 4.75. The molecule has 7 nitrogen and oxygen atoms in total. The van der Waals surface area contributed by atoms with E-state index in [1.165, 1.54) is 19.2 Å². The molecular weight excluding hydrogens is 429 g/mol. The van der Waals surface area contributed by atoms with Crippen molar-refractivity contribution >= 4 is 12.4 Å². The normalized spacial score (nSPS) is 24.2. The number of carbonyl (C=O) groups excluding carboxylic acids is 1. The number of methoxy groups -OCH3 is 1. The molecule has 1 aliphatic heterocycles. The van der Waals surface area contributed by atoms with Gasteiger partial charge in [0, 0.05) is 19.6 Å². The number of carbonyl (C=O) groups is 2. The van der Waals surface area contributed by atoms with Crippen molar-refractivity contribution in [3.63, 3.8) is 0 Å². The second-order valence-electron chi connectivity index (χ2n) is 8.44. The summed E-state index contributed by atoms with van der Waals surface area (Å²) >= 11 is 0. The van der Waals surface area contributed by atoms with Gasteiger partial charge in [-0.1, -0.05) is 24.3 Å². The number of halogens is 1. The number of hydrogen-bond acceptors (Lipinski definition) is 6. The smallest absolute Gasteiger partial charge is 0.341 e. The summed E-state index contributed by atoms with van der Waals surface area (Å²) in [4.78, 5) is 22.8. The second-order valence-corrected chi connectivity index (χ2v) is 8.44. The van der Waals surface area contributed by atoms with E-state index < -0.39 is 12.1 Å². The minimum atomic E-state index is -0.561. The topological polar surface area (TPSA) is 96.3 Å². The van der Waals surface area contributed by atoms with Crippen LogP contribution in [-0.4, -0.2) is 66.5 Å². The molecule has 178 valence electrons. The number of fused-ring (bicyclic) bond motifs is 1. The van der Waals surface area contributed by atoms with Crippen molar-refractivity contribution in [2.75, 3.05) is 26.7 Å². The summed E-state index contributed by atoms with van der Waals surface area (Å²) < 4.78 is 24.0. The molecule has 1 saturated heterocycles. The number of benzene rings is 2. The number of aliphatic hydroxyl groups is 1. The van der Waals surface area contributed by atoms with Crippen molar-refractivity contribution in [2.45, 2.75) is 31.5 Å². The maximum atomic E-state index is 13.1. The number of carboxylic acid groups (broad SMARTS) is 1. The summed E-state index contributed by atoms with van der Waals surface area (Å²) in [5, 5.41) is 17.6. The number of likely N-dealkylation sites (tertiary alicyclic amines) is 1. The predicted molar refractivity (Wildman–Crippen MR) is 120 cm³/mol. The van der Waals surface area contributed by atoms with Crippen LogP contribution in [0, 0.1) is 17.7 Å². The zero-order valence-corrected chi connectivity index (χ0v) is 18.6. The van der Waals surface area contributed by atoms with Crippen LogP contribution in [0.3, 0.4) is 0 Å². The third-order valence-corrected chi connectivity index (χ3v) is 6.36. The number of para-hydroxylation sites is 1. The van der Waals surface area contributed by atoms with E-state index in [-0.39, 0.29) is 18.4 Å². The van der Waals surface area contributed by atoms with Crippen LogP contribution in [0.15, 0.2) is 48.5 Å². The molecule has 8 heteroatoms. The molecule has 2 aromatic rings. The Labute approximate surface area is 192 Å². The minimum absolute atomic E-state index is 0.209. The van der Waals surface area contributed by atoms with Gasteiger partial charge in [0.15, 0.2) is 0 Å². The van der Waals surface area contributed by atoms with Crippen LogP contribution >= 0.6 is 0 Å². The molecule has 2 aliphatic rings. The third kappa shape index (κ3) is 6.52. The molecular formula is C25H30FNO6. The molecule has 2 fully saturated rings. The lowest BCUT2D eigenvalue weighted by Crippen LogP contribution is -2.42. The van der Waals surface area contributed by atoms with Crippen molar-refractivity contribution < 1.29 is 33.7 Å². The highest BCUT2D eigenvalue weighted by Crippen LogP contribution is 2.38. The monoisotopic (exact) mass is 459 g/mol. The van der Waals surface area contributed by atoms with Gasteiger partial charge >= 0.3 is 5.97 Å². The van der Waals surface area contributed by atoms with E-state index in [9.17, 15) is 14.3 Å². The molecule has 4 atom stereocenters. The van der Waals surface area contributed by atoms with Crippen molar-refractivity contribution in [3.05, 3.63) is 65.5 Å². The largest absolute Gasteiger partial charge is 0.487 e. The Kier molecular flexibility index (Phi) is 8.79. The Morgan fingerprint density at radius 3 is 2.42 bits per heavy atom. The van der Waals surface area contributed by atoms with E-state index in [0.717, 1.165) is 38.0 Å². The molecule has 0 aromatic heterocycles. The summed E-state index contributed by atoms with van der Waals surface area (Å²) in [5.41, 5.74) is 1.51. The number of rotatable bonds is 6. The highest BCUT2D eigenvalue weighted by Gasteiger charge is 2.42. The van der Waals surface area contributed by atoms with Crippen molar-refractivity contribution in [2.24, 2.45) is 11.8 Å². The number of ether oxygens (including phenoxy) is 2. The summed E-state index contributed by atoms with van der Waals surface area (Å²) in [6, 6.07) is 13.7. The Morgan fingerprint density at radius 2 is 1.76 bits per heavy atom. The van der Waals surface area contributed by atoms with E-state index in [0.29, 0.717) is 29.6 Å². The number of aliphatic hydroxyl groups excluding tert-OH is 1. The maximum absolute atomic E-state index is 13.1. The van der Waals surface area contributed by atoms with E-state index in [4.69, 9.17) is 19.4 Å². The first-order chi connectivity index (χ1) is 15.9. The standard InChI is InChI=1S/C24H28FNO4.CH2O2/c1-29-24(28)20-4-2-3-5-22(20)30-23-13-18-15-26(14-17(18)12-21(23)27)11-10-16-6-8-19(25)9-7-16;2-1-3/h2-9,17-18,21,23,27H,10-15H2,1H3;1H,(H,2,3)/t17-,18+,21+,23+;/m0./s1. The van der Waals surface area contributed by atoms with Gasteiger partial charge in [-0.15, -0.1) is 0 Å². The molecule has 2 aromatic carbocycles. The first-order valence-electron chi connectivity index (χ1n) is 11.0. The first kappa shape index (κ1) is 24.7. The van der Waals surface area contributed by atoms with E-state index >= 15 is 0 Å². The maximum Gasteiger partial charge on any atom is 0.341 e. The first-order valence-corrected chi connectivity index (χ1v) is 11.0. The van der Waals surface area contributed by atoms with Gasteiger partial charge in [0.05, 0.1) is 13.2 Å². The lowest BCUT2D eigenvalue weighted by molar-refractivity contribution is -0.122. The molecule has 1 saturated carbocycles. The highest BCUT2D eigenvalue weighted by molar-refractivity contribution is 5.92. The average Bonchev–Trinajstić information content (AvgIpc) is 3.21. The van der Waals surface area contributed by atoms with Crippen molar-refractivity contribution in [1.29, 1.82) is 0 Å². The predicted octanol–water partition coefficient (Wildman–Crippen LogP) is 3.01. The summed E-state index contributed by atoms with van der Waals surface area (Å²) in [6.45, 7) is 2.61.